The van der Waals surface area contributed by atoms with Gasteiger partial charge in [0.25, 0.3) is 0 Å². The summed E-state index contributed by atoms with van der Waals surface area (Å²) in [5, 5.41) is 3.47. The Morgan fingerprint density at radius 3 is 2.47 bits per heavy atom. The summed E-state index contributed by atoms with van der Waals surface area (Å²) in [5.41, 5.74) is 0.723. The van der Waals surface area contributed by atoms with Gasteiger partial charge in [0.05, 0.1) is 0 Å². The van der Waals surface area contributed by atoms with Crippen LogP contribution in [0.15, 0.2) is 18.2 Å². The second-order valence-electron chi connectivity index (χ2n) is 5.00. The highest BCUT2D eigenvalue weighted by Crippen LogP contribution is 2.24. The Labute approximate surface area is 101 Å². The van der Waals surface area contributed by atoms with Gasteiger partial charge in [0, 0.05) is 12.1 Å². The first-order chi connectivity index (χ1) is 8.15. The quantitative estimate of drug-likeness (QED) is 0.850. The Kier molecular flexibility index (Phi) is 4.11. The molecule has 0 bridgehead atoms. The Hall–Kier alpha value is -0.960. The van der Waals surface area contributed by atoms with Crippen LogP contribution in [0.3, 0.4) is 0 Å². The Balaban J connectivity index is 1.81. The lowest BCUT2D eigenvalue weighted by Crippen LogP contribution is -2.32. The van der Waals surface area contributed by atoms with Crippen molar-refractivity contribution in [2.45, 2.75) is 38.6 Å². The Bertz CT molecular complexity index is 358. The van der Waals surface area contributed by atoms with E-state index in [4.69, 9.17) is 0 Å². The second kappa shape index (κ2) is 5.58. The van der Waals surface area contributed by atoms with Crippen LogP contribution >= 0.6 is 0 Å². The van der Waals surface area contributed by atoms with Gasteiger partial charge in [0.2, 0.25) is 0 Å². The van der Waals surface area contributed by atoms with Crippen molar-refractivity contribution in [3.05, 3.63) is 35.4 Å². The summed E-state index contributed by atoms with van der Waals surface area (Å²) in [7, 11) is 0. The third kappa shape index (κ3) is 3.50. The SMILES string of the molecule is CC1CCCC1NCCc1cc(F)cc(F)c1. The molecule has 0 spiro atoms. The molecule has 1 N–H and O–H groups in total. The van der Waals surface area contributed by atoms with Gasteiger partial charge in [-0.25, -0.2) is 8.78 Å². The van der Waals surface area contributed by atoms with E-state index in [1.807, 2.05) is 0 Å². The lowest BCUT2D eigenvalue weighted by Gasteiger charge is -2.17. The fraction of sp³-hybridized carbons (Fsp3) is 0.571. The summed E-state index contributed by atoms with van der Waals surface area (Å²) < 4.78 is 25.9. The molecule has 2 rings (SSSR count). The van der Waals surface area contributed by atoms with Crippen LogP contribution in [0.2, 0.25) is 0 Å². The number of hydrogen-bond donors (Lipinski definition) is 1. The molecule has 2 atom stereocenters. The molecule has 1 nitrogen and oxygen atoms in total. The van der Waals surface area contributed by atoms with E-state index >= 15 is 0 Å². The average molecular weight is 239 g/mol. The van der Waals surface area contributed by atoms with Crippen molar-refractivity contribution in [3.8, 4) is 0 Å². The Morgan fingerprint density at radius 1 is 1.18 bits per heavy atom. The summed E-state index contributed by atoms with van der Waals surface area (Å²) in [6.07, 6.45) is 4.47. The van der Waals surface area contributed by atoms with Gasteiger partial charge in [0.15, 0.2) is 0 Å². The molecule has 1 aromatic carbocycles. The highest BCUT2D eigenvalue weighted by Gasteiger charge is 2.22. The van der Waals surface area contributed by atoms with Crippen LogP contribution in [-0.4, -0.2) is 12.6 Å². The molecule has 17 heavy (non-hydrogen) atoms. The van der Waals surface area contributed by atoms with Crippen molar-refractivity contribution in [1.82, 2.24) is 5.32 Å². The highest BCUT2D eigenvalue weighted by molar-refractivity contribution is 5.18. The molecule has 1 saturated carbocycles. The minimum Gasteiger partial charge on any atom is -0.313 e. The first-order valence-electron chi connectivity index (χ1n) is 6.33. The molecule has 1 fully saturated rings. The van der Waals surface area contributed by atoms with Crippen LogP contribution in [-0.2, 0) is 6.42 Å². The molecular formula is C14H19F2N. The number of nitrogens with one attached hydrogen (secondary N) is 1. The molecule has 0 heterocycles. The smallest absolute Gasteiger partial charge is 0.126 e. The van der Waals surface area contributed by atoms with E-state index in [0.717, 1.165) is 24.1 Å². The molecule has 0 aromatic heterocycles. The Morgan fingerprint density at radius 2 is 1.88 bits per heavy atom. The zero-order chi connectivity index (χ0) is 12.3. The number of rotatable bonds is 4. The van der Waals surface area contributed by atoms with Crippen LogP contribution in [0.25, 0.3) is 0 Å². The maximum absolute atomic E-state index is 13.0. The average Bonchev–Trinajstić information content (AvgIpc) is 2.63. The van der Waals surface area contributed by atoms with Gasteiger partial charge in [-0.05, 0) is 49.4 Å². The molecule has 0 radical (unpaired) electrons. The van der Waals surface area contributed by atoms with Gasteiger partial charge in [-0.3, -0.25) is 0 Å². The van der Waals surface area contributed by atoms with Crippen LogP contribution in [0.1, 0.15) is 31.7 Å². The summed E-state index contributed by atoms with van der Waals surface area (Å²) in [5.74, 6) is -0.261. The summed E-state index contributed by atoms with van der Waals surface area (Å²) in [4.78, 5) is 0. The first kappa shape index (κ1) is 12.5. The fourth-order valence-corrected chi connectivity index (χ4v) is 2.61. The van der Waals surface area contributed by atoms with Gasteiger partial charge in [-0.2, -0.15) is 0 Å². The zero-order valence-electron chi connectivity index (χ0n) is 10.2. The van der Waals surface area contributed by atoms with Crippen molar-refractivity contribution in [2.75, 3.05) is 6.54 Å². The third-order valence-electron chi connectivity index (χ3n) is 3.60. The molecule has 94 valence electrons. The third-order valence-corrected chi connectivity index (χ3v) is 3.60. The van der Waals surface area contributed by atoms with E-state index in [2.05, 4.69) is 12.2 Å². The van der Waals surface area contributed by atoms with E-state index in [9.17, 15) is 8.78 Å². The molecule has 0 amide bonds. The first-order valence-corrected chi connectivity index (χ1v) is 6.33. The van der Waals surface area contributed by atoms with Gasteiger partial charge >= 0.3 is 0 Å². The zero-order valence-corrected chi connectivity index (χ0v) is 10.2. The maximum atomic E-state index is 13.0. The number of benzene rings is 1. The van der Waals surface area contributed by atoms with E-state index in [0.29, 0.717) is 12.5 Å². The molecule has 1 aromatic rings. The topological polar surface area (TPSA) is 12.0 Å². The molecule has 1 aliphatic rings. The van der Waals surface area contributed by atoms with Crippen LogP contribution in [0.5, 0.6) is 0 Å². The monoisotopic (exact) mass is 239 g/mol. The van der Waals surface area contributed by atoms with Crippen molar-refractivity contribution >= 4 is 0 Å². The molecular weight excluding hydrogens is 220 g/mol. The van der Waals surface area contributed by atoms with E-state index in [-0.39, 0.29) is 0 Å². The van der Waals surface area contributed by atoms with Gasteiger partial charge < -0.3 is 5.32 Å². The summed E-state index contributed by atoms with van der Waals surface area (Å²) in [6.45, 7) is 3.05. The van der Waals surface area contributed by atoms with Gasteiger partial charge in [0.1, 0.15) is 11.6 Å². The van der Waals surface area contributed by atoms with Crippen molar-refractivity contribution in [3.63, 3.8) is 0 Å². The molecule has 0 aliphatic heterocycles. The van der Waals surface area contributed by atoms with Crippen molar-refractivity contribution in [2.24, 2.45) is 5.92 Å². The predicted octanol–water partition coefficient (Wildman–Crippen LogP) is 3.29. The van der Waals surface area contributed by atoms with Crippen LogP contribution < -0.4 is 5.32 Å². The summed E-state index contributed by atoms with van der Waals surface area (Å²) in [6, 6.07) is 4.30. The molecule has 2 unspecified atom stereocenters. The standard InChI is InChI=1S/C14H19F2N/c1-10-3-2-4-14(10)17-6-5-11-7-12(15)9-13(16)8-11/h7-10,14,17H,2-6H2,1H3. The highest BCUT2D eigenvalue weighted by atomic mass is 19.1. The second-order valence-corrected chi connectivity index (χ2v) is 5.00. The molecule has 3 heteroatoms. The predicted molar refractivity (Wildman–Crippen MR) is 64.9 cm³/mol. The molecule has 0 saturated heterocycles. The minimum atomic E-state index is -0.491. The largest absolute Gasteiger partial charge is 0.313 e. The van der Waals surface area contributed by atoms with Gasteiger partial charge in [-0.15, -0.1) is 0 Å². The molecule has 1 aliphatic carbocycles. The maximum Gasteiger partial charge on any atom is 0.126 e. The van der Waals surface area contributed by atoms with Crippen LogP contribution in [0, 0.1) is 17.6 Å². The lowest BCUT2D eigenvalue weighted by molar-refractivity contribution is 0.429. The van der Waals surface area contributed by atoms with Crippen molar-refractivity contribution < 1.29 is 8.78 Å². The van der Waals surface area contributed by atoms with E-state index < -0.39 is 11.6 Å². The fourth-order valence-electron chi connectivity index (χ4n) is 2.61. The summed E-state index contributed by atoms with van der Waals surface area (Å²) >= 11 is 0. The minimum absolute atomic E-state index is 0.491. The lowest BCUT2D eigenvalue weighted by atomic mass is 10.1. The van der Waals surface area contributed by atoms with E-state index in [1.165, 1.54) is 31.4 Å². The number of hydrogen-bond acceptors (Lipinski definition) is 1. The van der Waals surface area contributed by atoms with Crippen LogP contribution in [0.4, 0.5) is 8.78 Å². The van der Waals surface area contributed by atoms with E-state index in [1.54, 1.807) is 0 Å². The van der Waals surface area contributed by atoms with Gasteiger partial charge in [-0.1, -0.05) is 13.3 Å². The normalized spacial score (nSPS) is 24.2. The van der Waals surface area contributed by atoms with Crippen molar-refractivity contribution in [1.29, 1.82) is 0 Å². The number of halogens is 2.